The molecule has 0 heterocycles. The Bertz CT molecular complexity index is 147. The van der Waals surface area contributed by atoms with Crippen LogP contribution in [0.1, 0.15) is 20.8 Å². The highest BCUT2D eigenvalue weighted by atomic mass is 79.9. The van der Waals surface area contributed by atoms with Crippen molar-refractivity contribution in [2.24, 2.45) is 0 Å². The van der Waals surface area contributed by atoms with Crippen molar-refractivity contribution in [3.8, 4) is 0 Å². The molecule has 0 rings (SSSR count). The zero-order valence-electron chi connectivity index (χ0n) is 8.97. The number of ether oxygens (including phenoxy) is 1. The average molecular weight is 254 g/mol. The minimum atomic E-state index is -0.0938. The molecule has 0 saturated heterocycles. The third kappa shape index (κ3) is 6.05. The van der Waals surface area contributed by atoms with Crippen LogP contribution >= 0.6 is 0 Å². The van der Waals surface area contributed by atoms with Crippen molar-refractivity contribution in [3.05, 3.63) is 0 Å². The van der Waals surface area contributed by atoms with E-state index in [1.54, 1.807) is 0 Å². The molecule has 0 bridgehead atoms. The molecule has 0 aliphatic rings. The fraction of sp³-hybridized carbons (Fsp3) is 0.889. The highest BCUT2D eigenvalue weighted by Crippen LogP contribution is 2.00. The van der Waals surface area contributed by atoms with E-state index in [9.17, 15) is 4.79 Å². The van der Waals surface area contributed by atoms with Gasteiger partial charge in [-0.15, -0.1) is 0 Å². The highest BCUT2D eigenvalue weighted by Gasteiger charge is 2.21. The topological polar surface area (TPSA) is 26.3 Å². The molecule has 4 heteroatoms. The largest absolute Gasteiger partial charge is 1.00 e. The minimum Gasteiger partial charge on any atom is -1.00 e. The van der Waals surface area contributed by atoms with Gasteiger partial charge in [-0.2, -0.15) is 0 Å². The molecule has 0 spiro atoms. The SMILES string of the molecule is CCOC(=O)C[N+](C)(CC)CC.[Br-]. The maximum absolute atomic E-state index is 11.1. The van der Waals surface area contributed by atoms with Gasteiger partial charge in [0, 0.05) is 0 Å². The van der Waals surface area contributed by atoms with Gasteiger partial charge in [0.15, 0.2) is 6.54 Å². The Labute approximate surface area is 91.4 Å². The predicted octanol–water partition coefficient (Wildman–Crippen LogP) is -1.96. The Morgan fingerprint density at radius 3 is 2.00 bits per heavy atom. The molecule has 13 heavy (non-hydrogen) atoms. The highest BCUT2D eigenvalue weighted by molar-refractivity contribution is 5.70. The summed E-state index contributed by atoms with van der Waals surface area (Å²) in [5, 5.41) is 0. The molecule has 0 fully saturated rings. The number of nitrogens with zero attached hydrogens (tertiary/aromatic N) is 1. The van der Waals surface area contributed by atoms with E-state index < -0.39 is 0 Å². The lowest BCUT2D eigenvalue weighted by Crippen LogP contribution is -3.00. The van der Waals surface area contributed by atoms with Crippen LogP contribution in [0.5, 0.6) is 0 Å². The molecule has 0 aromatic rings. The normalized spacial score (nSPS) is 10.5. The molecule has 0 aliphatic heterocycles. The van der Waals surface area contributed by atoms with Gasteiger partial charge in [0.05, 0.1) is 26.7 Å². The summed E-state index contributed by atoms with van der Waals surface area (Å²) >= 11 is 0. The first kappa shape index (κ1) is 15.4. The fourth-order valence-corrected chi connectivity index (χ4v) is 0.966. The van der Waals surface area contributed by atoms with Crippen LogP contribution in [0.25, 0.3) is 0 Å². The molecule has 0 saturated carbocycles. The number of quaternary nitrogens is 1. The third-order valence-electron chi connectivity index (χ3n) is 2.34. The second-order valence-electron chi connectivity index (χ2n) is 3.22. The van der Waals surface area contributed by atoms with Gasteiger partial charge in [0.25, 0.3) is 0 Å². The number of rotatable bonds is 5. The van der Waals surface area contributed by atoms with Gasteiger partial charge in [-0.25, -0.2) is 4.79 Å². The van der Waals surface area contributed by atoms with Gasteiger partial charge < -0.3 is 26.2 Å². The van der Waals surface area contributed by atoms with E-state index in [-0.39, 0.29) is 23.0 Å². The number of likely N-dealkylation sites (N-methyl/N-ethyl adjacent to an activating group) is 1. The number of halogens is 1. The summed E-state index contributed by atoms with van der Waals surface area (Å²) in [4.78, 5) is 11.1. The van der Waals surface area contributed by atoms with Crippen LogP contribution in [-0.2, 0) is 9.53 Å². The molecule has 0 radical (unpaired) electrons. The summed E-state index contributed by atoms with van der Waals surface area (Å²) in [5.41, 5.74) is 0. The Morgan fingerprint density at radius 1 is 1.23 bits per heavy atom. The van der Waals surface area contributed by atoms with Crippen molar-refractivity contribution in [3.63, 3.8) is 0 Å². The van der Waals surface area contributed by atoms with Gasteiger partial charge in [-0.05, 0) is 20.8 Å². The first-order valence-electron chi connectivity index (χ1n) is 4.57. The molecule has 0 atom stereocenters. The summed E-state index contributed by atoms with van der Waals surface area (Å²) in [6.07, 6.45) is 0. The Kier molecular flexibility index (Phi) is 8.67. The first-order chi connectivity index (χ1) is 5.58. The molecule has 80 valence electrons. The van der Waals surface area contributed by atoms with Crippen LogP contribution in [0.3, 0.4) is 0 Å². The van der Waals surface area contributed by atoms with Crippen molar-refractivity contribution >= 4 is 5.97 Å². The van der Waals surface area contributed by atoms with Gasteiger partial charge in [0.2, 0.25) is 0 Å². The number of hydrogen-bond donors (Lipinski definition) is 0. The first-order valence-corrected chi connectivity index (χ1v) is 4.57. The van der Waals surface area contributed by atoms with Crippen molar-refractivity contribution in [1.82, 2.24) is 0 Å². The summed E-state index contributed by atoms with van der Waals surface area (Å²) in [7, 11) is 2.07. The van der Waals surface area contributed by atoms with Gasteiger partial charge in [-0.3, -0.25) is 0 Å². The molecule has 0 unspecified atom stereocenters. The number of hydrogen-bond acceptors (Lipinski definition) is 2. The van der Waals surface area contributed by atoms with Crippen LogP contribution in [0.15, 0.2) is 0 Å². The quantitative estimate of drug-likeness (QED) is 0.421. The van der Waals surface area contributed by atoms with Gasteiger partial charge in [-0.1, -0.05) is 0 Å². The van der Waals surface area contributed by atoms with E-state index in [0.29, 0.717) is 13.2 Å². The lowest BCUT2D eigenvalue weighted by molar-refractivity contribution is -0.899. The number of carbonyl (C=O) groups excluding carboxylic acids is 1. The van der Waals surface area contributed by atoms with Crippen molar-refractivity contribution in [1.29, 1.82) is 0 Å². The van der Waals surface area contributed by atoms with Crippen molar-refractivity contribution < 1.29 is 31.0 Å². The van der Waals surface area contributed by atoms with E-state index in [1.807, 2.05) is 6.92 Å². The average Bonchev–Trinajstić information content (AvgIpc) is 2.05. The number of esters is 1. The van der Waals surface area contributed by atoms with E-state index in [4.69, 9.17) is 4.74 Å². The summed E-state index contributed by atoms with van der Waals surface area (Å²) < 4.78 is 5.65. The predicted molar refractivity (Wildman–Crippen MR) is 48.8 cm³/mol. The standard InChI is InChI=1S/C9H20NO2.BrH/c1-5-10(4,6-2)8-9(11)12-7-3;/h5-8H2,1-4H3;1H/q+1;/p-1. The van der Waals surface area contributed by atoms with Gasteiger partial charge in [0.1, 0.15) is 0 Å². The third-order valence-corrected chi connectivity index (χ3v) is 2.34. The van der Waals surface area contributed by atoms with Crippen molar-refractivity contribution in [2.45, 2.75) is 20.8 Å². The molecule has 0 aromatic carbocycles. The van der Waals surface area contributed by atoms with Crippen molar-refractivity contribution in [2.75, 3.05) is 33.3 Å². The molecule has 0 amide bonds. The molecule has 3 nitrogen and oxygen atoms in total. The smallest absolute Gasteiger partial charge is 0.361 e. The van der Waals surface area contributed by atoms with Crippen LogP contribution in [0, 0.1) is 0 Å². The van der Waals surface area contributed by atoms with E-state index in [1.165, 1.54) is 0 Å². The maximum Gasteiger partial charge on any atom is 0.361 e. The lowest BCUT2D eigenvalue weighted by Gasteiger charge is -2.30. The fourth-order valence-electron chi connectivity index (χ4n) is 0.966. The zero-order valence-corrected chi connectivity index (χ0v) is 10.6. The second kappa shape index (κ2) is 7.33. The molecular formula is C9H20BrNO2. The second-order valence-corrected chi connectivity index (χ2v) is 3.22. The monoisotopic (exact) mass is 253 g/mol. The molecular weight excluding hydrogens is 234 g/mol. The summed E-state index contributed by atoms with van der Waals surface area (Å²) in [5.74, 6) is -0.0938. The Balaban J connectivity index is 0. The molecule has 0 N–H and O–H groups in total. The van der Waals surface area contributed by atoms with Crippen LogP contribution in [-0.4, -0.2) is 43.7 Å². The Morgan fingerprint density at radius 2 is 1.69 bits per heavy atom. The van der Waals surface area contributed by atoms with Gasteiger partial charge >= 0.3 is 5.97 Å². The maximum atomic E-state index is 11.1. The zero-order chi connectivity index (χ0) is 9.61. The van der Waals surface area contributed by atoms with Crippen LogP contribution < -0.4 is 17.0 Å². The van der Waals surface area contributed by atoms with E-state index >= 15 is 0 Å². The Hall–Kier alpha value is -0.0900. The van der Waals surface area contributed by atoms with Crippen LogP contribution in [0.2, 0.25) is 0 Å². The minimum absolute atomic E-state index is 0. The molecule has 0 aromatic heterocycles. The number of carbonyl (C=O) groups is 1. The molecule has 0 aliphatic carbocycles. The summed E-state index contributed by atoms with van der Waals surface area (Å²) in [6, 6.07) is 0. The lowest BCUT2D eigenvalue weighted by atomic mass is 10.4. The van der Waals surface area contributed by atoms with E-state index in [0.717, 1.165) is 17.6 Å². The van der Waals surface area contributed by atoms with Crippen LogP contribution in [0.4, 0.5) is 0 Å². The summed E-state index contributed by atoms with van der Waals surface area (Å²) in [6.45, 7) is 8.91. The van der Waals surface area contributed by atoms with E-state index in [2.05, 4.69) is 20.9 Å².